The molecule has 0 bridgehead atoms. The van der Waals surface area contributed by atoms with Gasteiger partial charge in [-0.05, 0) is 47.7 Å². The number of rotatable bonds is 7. The summed E-state index contributed by atoms with van der Waals surface area (Å²) in [6.07, 6.45) is 2.15. The van der Waals surface area contributed by atoms with E-state index in [2.05, 4.69) is 37.4 Å². The molecule has 2 N–H and O–H groups in total. The van der Waals surface area contributed by atoms with Gasteiger partial charge in [0.15, 0.2) is 5.96 Å². The molecule has 0 amide bonds. The maximum absolute atomic E-state index is 10.9. The number of nitro groups is 1. The third-order valence-electron chi connectivity index (χ3n) is 4.80. The SMILES string of the molecule is CCNC(=NCc1cccc([N+](=O)[O-])c1)NC1CCN(Cc2ccsc2)CC1. The Bertz CT molecular complexity index is 786. The second-order valence-corrected chi connectivity index (χ2v) is 7.73. The molecule has 1 aromatic heterocycles. The van der Waals surface area contributed by atoms with Crippen LogP contribution in [0.2, 0.25) is 0 Å². The molecule has 1 aliphatic rings. The maximum Gasteiger partial charge on any atom is 0.269 e. The van der Waals surface area contributed by atoms with E-state index in [1.807, 2.05) is 13.0 Å². The van der Waals surface area contributed by atoms with Crippen molar-refractivity contribution in [2.24, 2.45) is 4.99 Å². The summed E-state index contributed by atoms with van der Waals surface area (Å²) in [7, 11) is 0. The van der Waals surface area contributed by atoms with E-state index in [9.17, 15) is 10.1 Å². The van der Waals surface area contributed by atoms with Gasteiger partial charge in [0.2, 0.25) is 0 Å². The minimum absolute atomic E-state index is 0.101. The summed E-state index contributed by atoms with van der Waals surface area (Å²) in [6, 6.07) is 9.23. The van der Waals surface area contributed by atoms with Crippen LogP contribution >= 0.6 is 11.3 Å². The number of piperidine rings is 1. The van der Waals surface area contributed by atoms with Crippen molar-refractivity contribution in [1.82, 2.24) is 15.5 Å². The zero-order chi connectivity index (χ0) is 19.8. The van der Waals surface area contributed by atoms with Gasteiger partial charge >= 0.3 is 0 Å². The van der Waals surface area contributed by atoms with Crippen LogP contribution in [0.25, 0.3) is 0 Å². The lowest BCUT2D eigenvalue weighted by molar-refractivity contribution is -0.384. The van der Waals surface area contributed by atoms with Crippen LogP contribution in [-0.4, -0.2) is 41.5 Å². The lowest BCUT2D eigenvalue weighted by Gasteiger charge is -2.33. The molecular weight excluding hydrogens is 374 g/mol. The lowest BCUT2D eigenvalue weighted by Crippen LogP contribution is -2.48. The van der Waals surface area contributed by atoms with Crippen LogP contribution < -0.4 is 10.6 Å². The Balaban J connectivity index is 1.52. The van der Waals surface area contributed by atoms with E-state index in [4.69, 9.17) is 0 Å². The van der Waals surface area contributed by atoms with Crippen LogP contribution in [0.3, 0.4) is 0 Å². The Labute approximate surface area is 169 Å². The van der Waals surface area contributed by atoms with Crippen molar-refractivity contribution in [1.29, 1.82) is 0 Å². The number of hydrogen-bond donors (Lipinski definition) is 2. The molecule has 3 rings (SSSR count). The number of non-ortho nitro benzene ring substituents is 1. The normalized spacial score (nSPS) is 16.1. The smallest absolute Gasteiger partial charge is 0.269 e. The second kappa shape index (κ2) is 10.2. The Kier molecular flexibility index (Phi) is 7.39. The Morgan fingerprint density at radius 1 is 1.32 bits per heavy atom. The van der Waals surface area contributed by atoms with Crippen LogP contribution in [0, 0.1) is 10.1 Å². The van der Waals surface area contributed by atoms with Crippen LogP contribution in [0.4, 0.5) is 5.69 Å². The van der Waals surface area contributed by atoms with Crippen molar-refractivity contribution < 1.29 is 4.92 Å². The Morgan fingerprint density at radius 2 is 2.14 bits per heavy atom. The fourth-order valence-electron chi connectivity index (χ4n) is 3.33. The Hall–Kier alpha value is -2.45. The van der Waals surface area contributed by atoms with Gasteiger partial charge in [-0.1, -0.05) is 12.1 Å². The molecule has 8 heteroatoms. The lowest BCUT2D eigenvalue weighted by atomic mass is 10.0. The predicted molar refractivity (Wildman–Crippen MR) is 114 cm³/mol. The zero-order valence-electron chi connectivity index (χ0n) is 16.1. The van der Waals surface area contributed by atoms with E-state index in [-0.39, 0.29) is 10.6 Å². The number of guanidine groups is 1. The molecule has 0 radical (unpaired) electrons. The molecule has 1 aliphatic heterocycles. The van der Waals surface area contributed by atoms with Gasteiger partial charge in [-0.2, -0.15) is 11.3 Å². The molecule has 28 heavy (non-hydrogen) atoms. The molecule has 1 fully saturated rings. The third-order valence-corrected chi connectivity index (χ3v) is 5.53. The number of aliphatic imine (C=N–C) groups is 1. The van der Waals surface area contributed by atoms with E-state index >= 15 is 0 Å². The van der Waals surface area contributed by atoms with Crippen molar-refractivity contribution in [3.63, 3.8) is 0 Å². The molecule has 0 unspecified atom stereocenters. The van der Waals surface area contributed by atoms with Crippen LogP contribution in [0.15, 0.2) is 46.1 Å². The van der Waals surface area contributed by atoms with Gasteiger partial charge in [0.25, 0.3) is 5.69 Å². The maximum atomic E-state index is 10.9. The first-order valence-corrected chi connectivity index (χ1v) is 10.6. The standard InChI is InChI=1S/C20H27N5O2S/c1-2-21-20(22-13-16-4-3-5-19(12-16)25(26)27)23-18-6-9-24(10-7-18)14-17-8-11-28-15-17/h3-5,8,11-12,15,18H,2,6-7,9-10,13-14H2,1H3,(H2,21,22,23). The minimum atomic E-state index is -0.374. The van der Waals surface area contributed by atoms with E-state index in [0.717, 1.165) is 50.5 Å². The average Bonchev–Trinajstić information content (AvgIpc) is 3.21. The van der Waals surface area contributed by atoms with Crippen molar-refractivity contribution in [2.75, 3.05) is 19.6 Å². The molecule has 1 saturated heterocycles. The van der Waals surface area contributed by atoms with Gasteiger partial charge in [0, 0.05) is 44.4 Å². The molecule has 7 nitrogen and oxygen atoms in total. The van der Waals surface area contributed by atoms with E-state index < -0.39 is 0 Å². The summed E-state index contributed by atoms with van der Waals surface area (Å²) in [6.45, 7) is 6.38. The van der Waals surface area contributed by atoms with Crippen LogP contribution in [0.5, 0.6) is 0 Å². The largest absolute Gasteiger partial charge is 0.357 e. The van der Waals surface area contributed by atoms with Crippen LogP contribution in [-0.2, 0) is 13.1 Å². The fourth-order valence-corrected chi connectivity index (χ4v) is 3.99. The first-order valence-electron chi connectivity index (χ1n) is 9.65. The zero-order valence-corrected chi connectivity index (χ0v) is 17.0. The summed E-state index contributed by atoms with van der Waals surface area (Å²) in [5.41, 5.74) is 2.32. The molecule has 0 saturated carbocycles. The molecule has 0 atom stereocenters. The molecule has 150 valence electrons. The number of hydrogen-bond acceptors (Lipinski definition) is 5. The highest BCUT2D eigenvalue weighted by atomic mass is 32.1. The highest BCUT2D eigenvalue weighted by molar-refractivity contribution is 7.07. The molecule has 1 aromatic carbocycles. The summed E-state index contributed by atoms with van der Waals surface area (Å²) >= 11 is 1.75. The highest BCUT2D eigenvalue weighted by Crippen LogP contribution is 2.16. The number of nitro benzene ring substituents is 1. The highest BCUT2D eigenvalue weighted by Gasteiger charge is 2.20. The summed E-state index contributed by atoms with van der Waals surface area (Å²) < 4.78 is 0. The third kappa shape index (κ3) is 6.03. The van der Waals surface area contributed by atoms with Gasteiger partial charge in [0.1, 0.15) is 0 Å². The van der Waals surface area contributed by atoms with Crippen molar-refractivity contribution in [3.05, 3.63) is 62.3 Å². The molecule has 0 spiro atoms. The monoisotopic (exact) mass is 401 g/mol. The molecule has 2 heterocycles. The van der Waals surface area contributed by atoms with Crippen molar-refractivity contribution in [2.45, 2.75) is 38.9 Å². The average molecular weight is 402 g/mol. The number of nitrogens with zero attached hydrogens (tertiary/aromatic N) is 3. The summed E-state index contributed by atoms with van der Waals surface area (Å²) in [4.78, 5) is 17.7. The fraction of sp³-hybridized carbons (Fsp3) is 0.450. The van der Waals surface area contributed by atoms with Crippen molar-refractivity contribution in [3.8, 4) is 0 Å². The van der Waals surface area contributed by atoms with Gasteiger partial charge in [0.05, 0.1) is 11.5 Å². The van der Waals surface area contributed by atoms with Crippen molar-refractivity contribution >= 4 is 23.0 Å². The Morgan fingerprint density at radius 3 is 2.82 bits per heavy atom. The number of nitrogens with one attached hydrogen (secondary N) is 2. The van der Waals surface area contributed by atoms with Gasteiger partial charge in [-0.3, -0.25) is 15.0 Å². The van der Waals surface area contributed by atoms with Gasteiger partial charge < -0.3 is 10.6 Å². The summed E-state index contributed by atoms with van der Waals surface area (Å²) in [5.74, 6) is 0.769. The van der Waals surface area contributed by atoms with Crippen LogP contribution in [0.1, 0.15) is 30.9 Å². The topological polar surface area (TPSA) is 82.8 Å². The van der Waals surface area contributed by atoms with Gasteiger partial charge in [-0.15, -0.1) is 0 Å². The van der Waals surface area contributed by atoms with E-state index in [1.54, 1.807) is 23.5 Å². The predicted octanol–water partition coefficient (Wildman–Crippen LogP) is 3.38. The first-order chi connectivity index (χ1) is 13.6. The van der Waals surface area contributed by atoms with E-state index in [1.165, 1.54) is 11.6 Å². The number of likely N-dealkylation sites (tertiary alicyclic amines) is 1. The number of thiophene rings is 1. The van der Waals surface area contributed by atoms with E-state index in [0.29, 0.717) is 12.6 Å². The molecule has 0 aliphatic carbocycles. The first kappa shape index (κ1) is 20.3. The second-order valence-electron chi connectivity index (χ2n) is 6.95. The molecule has 2 aromatic rings. The quantitative estimate of drug-likeness (QED) is 0.322. The number of benzene rings is 1. The summed E-state index contributed by atoms with van der Waals surface area (Å²) in [5, 5.41) is 22.1. The minimum Gasteiger partial charge on any atom is -0.357 e. The molecular formula is C20H27N5O2S. The van der Waals surface area contributed by atoms with Gasteiger partial charge in [-0.25, -0.2) is 4.99 Å².